The molecule has 1 heterocycles. The number of amides is 1. The minimum atomic E-state index is 0.0386. The molecule has 2 rings (SSSR count). The molecule has 1 aromatic carbocycles. The summed E-state index contributed by atoms with van der Waals surface area (Å²) in [6, 6.07) is 7.96. The first kappa shape index (κ1) is 14.0. The van der Waals surface area contributed by atoms with E-state index in [4.69, 9.17) is 10.5 Å². The van der Waals surface area contributed by atoms with Gasteiger partial charge in [-0.15, -0.1) is 0 Å². The van der Waals surface area contributed by atoms with Crippen molar-refractivity contribution < 1.29 is 9.53 Å². The average molecular weight is 262 g/mol. The quantitative estimate of drug-likeness (QED) is 0.904. The number of carbonyl (C=O) groups is 1. The van der Waals surface area contributed by atoms with Gasteiger partial charge >= 0.3 is 0 Å². The molecule has 0 radical (unpaired) electrons. The van der Waals surface area contributed by atoms with Crippen LogP contribution in [0.15, 0.2) is 24.3 Å². The van der Waals surface area contributed by atoms with Gasteiger partial charge in [0.1, 0.15) is 0 Å². The van der Waals surface area contributed by atoms with Gasteiger partial charge in [-0.2, -0.15) is 0 Å². The van der Waals surface area contributed by atoms with Gasteiger partial charge in [0, 0.05) is 38.4 Å². The fraction of sp³-hybridized carbons (Fsp3) is 0.533. The first-order valence-electron chi connectivity index (χ1n) is 6.77. The van der Waals surface area contributed by atoms with E-state index in [1.807, 2.05) is 36.1 Å². The fourth-order valence-electron chi connectivity index (χ4n) is 2.60. The standard InChI is InChI=1S/C15H22N2O2/c1-11(10-19-2)9-15(18)17-8-7-13(16)12-5-3-4-6-14(12)17/h3-6,11,13H,7-10,16H2,1-2H3. The van der Waals surface area contributed by atoms with Gasteiger partial charge in [0.05, 0.1) is 0 Å². The maximum absolute atomic E-state index is 12.4. The van der Waals surface area contributed by atoms with Crippen LogP contribution in [0.1, 0.15) is 31.4 Å². The molecular formula is C15H22N2O2. The van der Waals surface area contributed by atoms with Crippen molar-refractivity contribution in [1.82, 2.24) is 0 Å². The van der Waals surface area contributed by atoms with Crippen molar-refractivity contribution in [1.29, 1.82) is 0 Å². The average Bonchev–Trinajstić information content (AvgIpc) is 2.39. The van der Waals surface area contributed by atoms with E-state index in [1.54, 1.807) is 7.11 Å². The van der Waals surface area contributed by atoms with Gasteiger partial charge in [-0.05, 0) is 24.0 Å². The Kier molecular flexibility index (Phi) is 4.56. The van der Waals surface area contributed by atoms with E-state index in [9.17, 15) is 4.79 Å². The highest BCUT2D eigenvalue weighted by Crippen LogP contribution is 2.32. The van der Waals surface area contributed by atoms with Crippen molar-refractivity contribution in [2.45, 2.75) is 25.8 Å². The van der Waals surface area contributed by atoms with E-state index in [-0.39, 0.29) is 17.9 Å². The van der Waals surface area contributed by atoms with Crippen LogP contribution < -0.4 is 10.6 Å². The number of nitrogens with two attached hydrogens (primary N) is 1. The van der Waals surface area contributed by atoms with E-state index >= 15 is 0 Å². The molecule has 104 valence electrons. The maximum atomic E-state index is 12.4. The normalized spacial score (nSPS) is 19.9. The van der Waals surface area contributed by atoms with E-state index in [2.05, 4.69) is 0 Å². The van der Waals surface area contributed by atoms with Crippen LogP contribution in [0, 0.1) is 5.92 Å². The molecule has 2 atom stereocenters. The second kappa shape index (κ2) is 6.17. The number of rotatable bonds is 4. The van der Waals surface area contributed by atoms with Crippen molar-refractivity contribution in [3.8, 4) is 0 Å². The summed E-state index contributed by atoms with van der Waals surface area (Å²) in [5.74, 6) is 0.393. The third-order valence-electron chi connectivity index (χ3n) is 3.57. The molecule has 1 aliphatic rings. The number of nitrogens with zero attached hydrogens (tertiary/aromatic N) is 1. The Morgan fingerprint density at radius 1 is 1.53 bits per heavy atom. The lowest BCUT2D eigenvalue weighted by Crippen LogP contribution is -2.39. The summed E-state index contributed by atoms with van der Waals surface area (Å²) in [4.78, 5) is 14.2. The predicted molar refractivity (Wildman–Crippen MR) is 76.0 cm³/mol. The first-order chi connectivity index (χ1) is 9.13. The largest absolute Gasteiger partial charge is 0.384 e. The molecule has 2 N–H and O–H groups in total. The minimum Gasteiger partial charge on any atom is -0.384 e. The van der Waals surface area contributed by atoms with Crippen LogP contribution in [-0.4, -0.2) is 26.2 Å². The molecule has 0 spiro atoms. The summed E-state index contributed by atoms with van der Waals surface area (Å²) in [6.07, 6.45) is 1.33. The zero-order chi connectivity index (χ0) is 13.8. The van der Waals surface area contributed by atoms with E-state index in [1.165, 1.54) is 0 Å². The monoisotopic (exact) mass is 262 g/mol. The zero-order valence-electron chi connectivity index (χ0n) is 11.6. The van der Waals surface area contributed by atoms with Gasteiger partial charge in [-0.1, -0.05) is 25.1 Å². The smallest absolute Gasteiger partial charge is 0.227 e. The van der Waals surface area contributed by atoms with Crippen molar-refractivity contribution in [2.24, 2.45) is 11.7 Å². The van der Waals surface area contributed by atoms with Crippen molar-refractivity contribution in [3.05, 3.63) is 29.8 Å². The Morgan fingerprint density at radius 3 is 3.00 bits per heavy atom. The van der Waals surface area contributed by atoms with Crippen LogP contribution in [0.25, 0.3) is 0 Å². The molecule has 0 fully saturated rings. The first-order valence-corrected chi connectivity index (χ1v) is 6.77. The van der Waals surface area contributed by atoms with Crippen LogP contribution in [0.3, 0.4) is 0 Å². The molecule has 0 saturated carbocycles. The van der Waals surface area contributed by atoms with E-state index in [0.717, 1.165) is 17.7 Å². The number of anilines is 1. The SMILES string of the molecule is COCC(C)CC(=O)N1CCC(N)c2ccccc21. The number of hydrogen-bond donors (Lipinski definition) is 1. The third-order valence-corrected chi connectivity index (χ3v) is 3.57. The molecule has 0 aliphatic carbocycles. The number of methoxy groups -OCH3 is 1. The summed E-state index contributed by atoms with van der Waals surface area (Å²) in [5, 5.41) is 0. The predicted octanol–water partition coefficient (Wildman–Crippen LogP) is 2.10. The van der Waals surface area contributed by atoms with Gasteiger partial charge in [0.25, 0.3) is 0 Å². The molecule has 4 nitrogen and oxygen atoms in total. The number of benzene rings is 1. The van der Waals surface area contributed by atoms with Gasteiger partial charge in [0.15, 0.2) is 0 Å². The molecule has 2 unspecified atom stereocenters. The Bertz CT molecular complexity index is 448. The molecule has 1 aliphatic heterocycles. The molecule has 1 aromatic rings. The van der Waals surface area contributed by atoms with Gasteiger partial charge in [0.2, 0.25) is 5.91 Å². The highest BCUT2D eigenvalue weighted by Gasteiger charge is 2.26. The van der Waals surface area contributed by atoms with E-state index in [0.29, 0.717) is 19.6 Å². The molecule has 0 bridgehead atoms. The summed E-state index contributed by atoms with van der Waals surface area (Å²) in [6.45, 7) is 3.35. The topological polar surface area (TPSA) is 55.6 Å². The molecule has 4 heteroatoms. The van der Waals surface area contributed by atoms with Crippen LogP contribution in [0.2, 0.25) is 0 Å². The lowest BCUT2D eigenvalue weighted by molar-refractivity contribution is -0.119. The Labute approximate surface area is 114 Å². The maximum Gasteiger partial charge on any atom is 0.227 e. The highest BCUT2D eigenvalue weighted by atomic mass is 16.5. The van der Waals surface area contributed by atoms with Gasteiger partial charge < -0.3 is 15.4 Å². The molecule has 1 amide bonds. The molecule has 0 saturated heterocycles. The second-order valence-corrected chi connectivity index (χ2v) is 5.26. The zero-order valence-corrected chi connectivity index (χ0v) is 11.6. The summed E-state index contributed by atoms with van der Waals surface area (Å²) >= 11 is 0. The number of ether oxygens (including phenoxy) is 1. The summed E-state index contributed by atoms with van der Waals surface area (Å²) in [5.41, 5.74) is 8.14. The van der Waals surface area contributed by atoms with Crippen LogP contribution in [-0.2, 0) is 9.53 Å². The van der Waals surface area contributed by atoms with Crippen LogP contribution in [0.5, 0.6) is 0 Å². The molecular weight excluding hydrogens is 240 g/mol. The number of carbonyl (C=O) groups excluding carboxylic acids is 1. The van der Waals surface area contributed by atoms with Crippen molar-refractivity contribution >= 4 is 11.6 Å². The van der Waals surface area contributed by atoms with Gasteiger partial charge in [-0.25, -0.2) is 0 Å². The summed E-state index contributed by atoms with van der Waals surface area (Å²) in [7, 11) is 1.66. The second-order valence-electron chi connectivity index (χ2n) is 5.26. The van der Waals surface area contributed by atoms with E-state index < -0.39 is 0 Å². The number of fused-ring (bicyclic) bond motifs is 1. The highest BCUT2D eigenvalue weighted by molar-refractivity contribution is 5.94. The van der Waals surface area contributed by atoms with Crippen LogP contribution >= 0.6 is 0 Å². The molecule has 0 aromatic heterocycles. The lowest BCUT2D eigenvalue weighted by atomic mass is 9.96. The fourth-order valence-corrected chi connectivity index (χ4v) is 2.60. The van der Waals surface area contributed by atoms with Crippen molar-refractivity contribution in [2.75, 3.05) is 25.2 Å². The minimum absolute atomic E-state index is 0.0386. The number of hydrogen-bond acceptors (Lipinski definition) is 3. The Morgan fingerprint density at radius 2 is 2.26 bits per heavy atom. The third kappa shape index (κ3) is 3.14. The van der Waals surface area contributed by atoms with Gasteiger partial charge in [-0.3, -0.25) is 4.79 Å². The van der Waals surface area contributed by atoms with Crippen LogP contribution in [0.4, 0.5) is 5.69 Å². The number of para-hydroxylation sites is 1. The molecule has 19 heavy (non-hydrogen) atoms. The van der Waals surface area contributed by atoms with Crippen molar-refractivity contribution in [3.63, 3.8) is 0 Å². The lowest BCUT2D eigenvalue weighted by Gasteiger charge is -2.33. The summed E-state index contributed by atoms with van der Waals surface area (Å²) < 4.78 is 5.09. The Hall–Kier alpha value is -1.39. The Balaban J connectivity index is 2.13.